The van der Waals surface area contributed by atoms with Crippen LogP contribution < -0.4 is 0 Å². The van der Waals surface area contributed by atoms with E-state index in [1.807, 2.05) is 30.4 Å². The van der Waals surface area contributed by atoms with Crippen LogP contribution in [-0.4, -0.2) is 52.9 Å². The Bertz CT molecular complexity index is 993. The highest BCUT2D eigenvalue weighted by atomic mass is 16.3. The van der Waals surface area contributed by atoms with Crippen molar-refractivity contribution in [2.75, 3.05) is 0 Å². The number of hydrogen-bond donors (Lipinski definition) is 1. The van der Waals surface area contributed by atoms with Gasteiger partial charge in [0, 0.05) is 43.1 Å². The van der Waals surface area contributed by atoms with Gasteiger partial charge in [-0.25, -0.2) is 0 Å². The Morgan fingerprint density at radius 3 is 2.74 bits per heavy atom. The number of aliphatic hydroxyl groups is 1. The molecule has 1 amide bonds. The summed E-state index contributed by atoms with van der Waals surface area (Å²) in [5, 5.41) is 16.6. The number of rotatable bonds is 3. The van der Waals surface area contributed by atoms with E-state index in [1.54, 1.807) is 23.3 Å². The number of nitrogens with zero attached hydrogens (tertiary/aromatic N) is 5. The number of hydrogen-bond acceptors (Lipinski definition) is 4. The molecule has 2 saturated heterocycles. The normalized spacial score (nSPS) is 27.4. The lowest BCUT2D eigenvalue weighted by Crippen LogP contribution is -2.54. The van der Waals surface area contributed by atoms with E-state index in [9.17, 15) is 9.90 Å². The molecule has 3 aromatic heterocycles. The fourth-order valence-corrected chi connectivity index (χ4v) is 4.95. The highest BCUT2D eigenvalue weighted by molar-refractivity contribution is 5.94. The Hall–Kier alpha value is -2.67. The van der Waals surface area contributed by atoms with Gasteiger partial charge in [-0.2, -0.15) is 5.10 Å². The first-order chi connectivity index (χ1) is 13.0. The van der Waals surface area contributed by atoms with E-state index in [1.165, 1.54) is 0 Å². The van der Waals surface area contributed by atoms with Crippen molar-refractivity contribution < 1.29 is 9.90 Å². The fraction of sp³-hybridized carbons (Fsp3) is 0.450. The lowest BCUT2D eigenvalue weighted by molar-refractivity contribution is -0.0533. The van der Waals surface area contributed by atoms with Crippen molar-refractivity contribution in [1.82, 2.24) is 24.2 Å². The summed E-state index contributed by atoms with van der Waals surface area (Å²) in [6.45, 7) is 0.532. The van der Waals surface area contributed by atoms with Gasteiger partial charge in [-0.3, -0.25) is 14.5 Å². The van der Waals surface area contributed by atoms with Crippen LogP contribution in [-0.2, 0) is 13.6 Å². The molecule has 7 heteroatoms. The lowest BCUT2D eigenvalue weighted by Gasteiger charge is -2.44. The van der Waals surface area contributed by atoms with Gasteiger partial charge in [-0.1, -0.05) is 0 Å². The molecular weight excluding hydrogens is 342 g/mol. The standard InChI is InChI=1S/C20H23N5O2/c1-23-12-15(10-22-23)19(26)25-16-2-3-17(25)9-20(27,8-16)13-24-7-5-14-4-6-21-11-18(14)24/h4-7,10-12,16-17,27H,2-3,8-9,13H2,1H3/t16-,17-/m0/s1. The molecule has 1 N–H and O–H groups in total. The molecule has 0 aliphatic carbocycles. The second kappa shape index (κ2) is 5.92. The maximum absolute atomic E-state index is 13.0. The minimum Gasteiger partial charge on any atom is -0.388 e. The summed E-state index contributed by atoms with van der Waals surface area (Å²) in [6.07, 6.45) is 12.1. The molecule has 2 aliphatic rings. The van der Waals surface area contributed by atoms with Gasteiger partial charge < -0.3 is 14.6 Å². The van der Waals surface area contributed by atoms with Crippen molar-refractivity contribution in [3.05, 3.63) is 48.7 Å². The number of amides is 1. The average Bonchev–Trinajstić information content (AvgIpc) is 3.32. The largest absolute Gasteiger partial charge is 0.388 e. The van der Waals surface area contributed by atoms with E-state index in [0.717, 1.165) is 23.7 Å². The third kappa shape index (κ3) is 2.73. The van der Waals surface area contributed by atoms with E-state index in [2.05, 4.69) is 20.7 Å². The molecular formula is C20H23N5O2. The zero-order valence-corrected chi connectivity index (χ0v) is 15.3. The van der Waals surface area contributed by atoms with Crippen LogP contribution in [0.15, 0.2) is 43.1 Å². The molecule has 7 nitrogen and oxygen atoms in total. The van der Waals surface area contributed by atoms with Gasteiger partial charge in [0.1, 0.15) is 0 Å². The van der Waals surface area contributed by atoms with Crippen LogP contribution in [0.2, 0.25) is 0 Å². The number of pyridine rings is 1. The summed E-state index contributed by atoms with van der Waals surface area (Å²) in [5.74, 6) is 0.0354. The molecule has 2 bridgehead atoms. The van der Waals surface area contributed by atoms with Gasteiger partial charge in [-0.05, 0) is 37.8 Å². The Morgan fingerprint density at radius 2 is 2.04 bits per heavy atom. The number of carbonyl (C=O) groups is 1. The first kappa shape index (κ1) is 16.5. The van der Waals surface area contributed by atoms with E-state index in [0.29, 0.717) is 24.9 Å². The minimum atomic E-state index is -0.806. The van der Waals surface area contributed by atoms with Gasteiger partial charge in [-0.15, -0.1) is 0 Å². The Morgan fingerprint density at radius 1 is 1.26 bits per heavy atom. The first-order valence-electron chi connectivity index (χ1n) is 9.45. The van der Waals surface area contributed by atoms with Gasteiger partial charge in [0.25, 0.3) is 5.91 Å². The summed E-state index contributed by atoms with van der Waals surface area (Å²) in [7, 11) is 1.82. The molecule has 140 valence electrons. The molecule has 0 saturated carbocycles. The third-order valence-corrected chi connectivity index (χ3v) is 6.08. The Balaban J connectivity index is 1.38. The maximum atomic E-state index is 13.0. The van der Waals surface area contributed by atoms with Crippen molar-refractivity contribution in [3.63, 3.8) is 0 Å². The van der Waals surface area contributed by atoms with Gasteiger partial charge in [0.15, 0.2) is 0 Å². The third-order valence-electron chi connectivity index (χ3n) is 6.08. The molecule has 0 spiro atoms. The fourth-order valence-electron chi connectivity index (χ4n) is 4.95. The van der Waals surface area contributed by atoms with Gasteiger partial charge in [0.05, 0.1) is 35.6 Å². The second-order valence-corrected chi connectivity index (χ2v) is 8.01. The number of carbonyl (C=O) groups excluding carboxylic acids is 1. The molecule has 5 heterocycles. The van der Waals surface area contributed by atoms with Crippen molar-refractivity contribution in [2.24, 2.45) is 7.05 Å². The minimum absolute atomic E-state index is 0.0354. The van der Waals surface area contributed by atoms with E-state index in [-0.39, 0.29) is 18.0 Å². The summed E-state index contributed by atoms with van der Waals surface area (Å²) < 4.78 is 3.74. The zero-order chi connectivity index (χ0) is 18.6. The molecule has 3 aromatic rings. The summed E-state index contributed by atoms with van der Waals surface area (Å²) in [6, 6.07) is 4.20. The van der Waals surface area contributed by atoms with E-state index < -0.39 is 5.60 Å². The van der Waals surface area contributed by atoms with Crippen LogP contribution in [0.4, 0.5) is 0 Å². The predicted octanol–water partition coefficient (Wildman–Crippen LogP) is 1.97. The number of aromatic nitrogens is 4. The number of fused-ring (bicyclic) bond motifs is 3. The molecule has 27 heavy (non-hydrogen) atoms. The van der Waals surface area contributed by atoms with Crippen LogP contribution in [0.25, 0.3) is 10.9 Å². The SMILES string of the molecule is Cn1cc(C(=O)N2[C@H]3CC[C@H]2CC(O)(Cn2ccc4ccncc42)C3)cn1. The van der Waals surface area contributed by atoms with Crippen molar-refractivity contribution >= 4 is 16.8 Å². The van der Waals surface area contributed by atoms with Gasteiger partial charge >= 0.3 is 0 Å². The van der Waals surface area contributed by atoms with Crippen LogP contribution >= 0.6 is 0 Å². The smallest absolute Gasteiger partial charge is 0.257 e. The van der Waals surface area contributed by atoms with Crippen LogP contribution in [0.3, 0.4) is 0 Å². The molecule has 0 unspecified atom stereocenters. The zero-order valence-electron chi connectivity index (χ0n) is 15.3. The summed E-state index contributed by atoms with van der Waals surface area (Å²) >= 11 is 0. The number of piperidine rings is 1. The summed E-state index contributed by atoms with van der Waals surface area (Å²) in [5.41, 5.74) is 0.855. The topological polar surface area (TPSA) is 76.2 Å². The lowest BCUT2D eigenvalue weighted by atomic mass is 9.85. The van der Waals surface area contributed by atoms with Crippen molar-refractivity contribution in [2.45, 2.75) is 49.9 Å². The summed E-state index contributed by atoms with van der Waals surface area (Å²) in [4.78, 5) is 19.2. The highest BCUT2D eigenvalue weighted by Gasteiger charge is 2.49. The van der Waals surface area contributed by atoms with Crippen molar-refractivity contribution in [3.8, 4) is 0 Å². The van der Waals surface area contributed by atoms with Crippen LogP contribution in [0, 0.1) is 0 Å². The molecule has 0 aromatic carbocycles. The Labute approximate surface area is 157 Å². The van der Waals surface area contributed by atoms with Gasteiger partial charge in [0.2, 0.25) is 0 Å². The maximum Gasteiger partial charge on any atom is 0.257 e. The molecule has 5 rings (SSSR count). The number of aryl methyl sites for hydroxylation is 1. The highest BCUT2D eigenvalue weighted by Crippen LogP contribution is 2.42. The van der Waals surface area contributed by atoms with Crippen LogP contribution in [0.1, 0.15) is 36.0 Å². The molecule has 2 aliphatic heterocycles. The molecule has 0 radical (unpaired) electrons. The van der Waals surface area contributed by atoms with Crippen molar-refractivity contribution in [1.29, 1.82) is 0 Å². The quantitative estimate of drug-likeness (QED) is 0.770. The monoisotopic (exact) mass is 365 g/mol. The second-order valence-electron chi connectivity index (χ2n) is 8.01. The Kier molecular flexibility index (Phi) is 3.62. The van der Waals surface area contributed by atoms with Crippen LogP contribution in [0.5, 0.6) is 0 Å². The predicted molar refractivity (Wildman–Crippen MR) is 100 cm³/mol. The van der Waals surface area contributed by atoms with E-state index in [4.69, 9.17) is 0 Å². The average molecular weight is 365 g/mol. The first-order valence-corrected chi connectivity index (χ1v) is 9.45. The molecule has 2 fully saturated rings. The van der Waals surface area contributed by atoms with E-state index >= 15 is 0 Å². The molecule has 2 atom stereocenters.